The van der Waals surface area contributed by atoms with Gasteiger partial charge in [-0.15, -0.1) is 0 Å². The molecule has 0 N–H and O–H groups in total. The molecule has 1 aromatic carbocycles. The van der Waals surface area contributed by atoms with Crippen LogP contribution in [0.15, 0.2) is 29.2 Å². The lowest BCUT2D eigenvalue weighted by Crippen LogP contribution is -2.54. The average Bonchev–Trinajstić information content (AvgIpc) is 2.75. The lowest BCUT2D eigenvalue weighted by Gasteiger charge is -2.43. The van der Waals surface area contributed by atoms with Crippen LogP contribution in [0.5, 0.6) is 0 Å². The molecule has 8 heteroatoms. The molecule has 0 spiro atoms. The van der Waals surface area contributed by atoms with E-state index >= 15 is 0 Å². The fraction of sp³-hybridized carbons (Fsp3) is 0.682. The second-order valence-corrected chi connectivity index (χ2v) is 10.4. The van der Waals surface area contributed by atoms with Crippen LogP contribution in [-0.4, -0.2) is 75.6 Å². The van der Waals surface area contributed by atoms with E-state index in [1.54, 1.807) is 16.4 Å². The molecule has 0 radical (unpaired) electrons. The Hall–Kier alpha value is -1.48. The summed E-state index contributed by atoms with van der Waals surface area (Å²) in [6.07, 6.45) is 2.90. The predicted molar refractivity (Wildman–Crippen MR) is 115 cm³/mol. The van der Waals surface area contributed by atoms with Crippen LogP contribution in [0, 0.1) is 0 Å². The summed E-state index contributed by atoms with van der Waals surface area (Å²) in [7, 11) is -2.00. The molecule has 0 atom stereocenters. The number of nitrogens with zero attached hydrogens (tertiary/aromatic N) is 2. The Morgan fingerprint density at radius 3 is 2.20 bits per heavy atom. The summed E-state index contributed by atoms with van der Waals surface area (Å²) in [5.41, 5.74) is 1.12. The first-order chi connectivity index (χ1) is 14.3. The number of rotatable bonds is 7. The highest BCUT2D eigenvalue weighted by Crippen LogP contribution is 2.28. The summed E-state index contributed by atoms with van der Waals surface area (Å²) in [4.78, 5) is 15.0. The molecular formula is C22H34N2O5S. The Labute approximate surface area is 180 Å². The van der Waals surface area contributed by atoms with Crippen molar-refractivity contribution < 1.29 is 22.7 Å². The van der Waals surface area contributed by atoms with E-state index in [1.807, 2.05) is 17.0 Å². The van der Waals surface area contributed by atoms with Crippen molar-refractivity contribution in [1.82, 2.24) is 9.21 Å². The monoisotopic (exact) mass is 438 g/mol. The quantitative estimate of drug-likeness (QED) is 0.654. The summed E-state index contributed by atoms with van der Waals surface area (Å²) in [5.74, 6) is 0.341. The molecule has 1 amide bonds. The van der Waals surface area contributed by atoms with Crippen molar-refractivity contribution in [2.45, 2.75) is 62.4 Å². The Morgan fingerprint density at radius 2 is 1.67 bits per heavy atom. The third-order valence-electron chi connectivity index (χ3n) is 6.14. The molecule has 2 heterocycles. The summed E-state index contributed by atoms with van der Waals surface area (Å²) in [6, 6.07) is 7.35. The first-order valence-corrected chi connectivity index (χ1v) is 12.3. The molecule has 30 heavy (non-hydrogen) atoms. The maximum atomic E-state index is 13.1. The second-order valence-electron chi connectivity index (χ2n) is 8.44. The molecule has 2 aliphatic heterocycles. The molecule has 3 rings (SSSR count). The minimum atomic E-state index is -3.52. The van der Waals surface area contributed by atoms with Gasteiger partial charge in [0.15, 0.2) is 0 Å². The Morgan fingerprint density at radius 1 is 1.10 bits per heavy atom. The van der Waals surface area contributed by atoms with Gasteiger partial charge >= 0.3 is 0 Å². The number of carbonyl (C=O) groups excluding carboxylic acids is 1. The van der Waals surface area contributed by atoms with Gasteiger partial charge in [-0.2, -0.15) is 4.31 Å². The largest absolute Gasteiger partial charge is 0.381 e. The van der Waals surface area contributed by atoms with Crippen molar-refractivity contribution in [2.75, 3.05) is 40.0 Å². The fourth-order valence-corrected chi connectivity index (χ4v) is 5.87. The topological polar surface area (TPSA) is 76.2 Å². The zero-order valence-electron chi connectivity index (χ0n) is 18.2. The number of carbonyl (C=O) groups is 1. The van der Waals surface area contributed by atoms with Crippen LogP contribution in [0.4, 0.5) is 0 Å². The predicted octanol–water partition coefficient (Wildman–Crippen LogP) is 2.62. The standard InChI is InChI=1S/C22H34N2O5S/c1-17(2)18-4-6-21(7-5-18)30(26,27)23-12-8-19(9-13-23)24(22(25)16-28-3)20-10-14-29-15-11-20/h4-7,17,19-20H,8-16H2,1-3H3. The van der Waals surface area contributed by atoms with E-state index < -0.39 is 10.0 Å². The van der Waals surface area contributed by atoms with Gasteiger partial charge in [-0.3, -0.25) is 4.79 Å². The highest BCUT2D eigenvalue weighted by Gasteiger charge is 2.36. The van der Waals surface area contributed by atoms with Gasteiger partial charge in [0.1, 0.15) is 6.61 Å². The summed E-state index contributed by atoms with van der Waals surface area (Å²) in [5, 5.41) is 0. The first-order valence-electron chi connectivity index (χ1n) is 10.8. The van der Waals surface area contributed by atoms with E-state index in [9.17, 15) is 13.2 Å². The van der Waals surface area contributed by atoms with E-state index in [-0.39, 0.29) is 24.6 Å². The number of ether oxygens (including phenoxy) is 2. The van der Waals surface area contributed by atoms with Crippen molar-refractivity contribution in [3.8, 4) is 0 Å². The van der Waals surface area contributed by atoms with Gasteiger partial charge in [-0.05, 0) is 49.3 Å². The van der Waals surface area contributed by atoms with Crippen LogP contribution in [0.1, 0.15) is 51.0 Å². The number of benzene rings is 1. The lowest BCUT2D eigenvalue weighted by atomic mass is 9.98. The minimum absolute atomic E-state index is 0.0185. The molecule has 1 aromatic rings. The van der Waals surface area contributed by atoms with E-state index in [1.165, 1.54) is 7.11 Å². The zero-order valence-corrected chi connectivity index (χ0v) is 19.1. The Bertz CT molecular complexity index is 795. The lowest BCUT2D eigenvalue weighted by molar-refractivity contribution is -0.143. The van der Waals surface area contributed by atoms with E-state index in [2.05, 4.69) is 13.8 Å². The SMILES string of the molecule is COCC(=O)N(C1CCOCC1)C1CCN(S(=O)(=O)c2ccc(C(C)C)cc2)CC1. The Balaban J connectivity index is 1.68. The number of hydrogen-bond donors (Lipinski definition) is 0. The number of sulfonamides is 1. The summed E-state index contributed by atoms with van der Waals surface area (Å²) < 4.78 is 38.3. The van der Waals surface area contributed by atoms with Gasteiger partial charge in [0.2, 0.25) is 15.9 Å². The van der Waals surface area contributed by atoms with Gasteiger partial charge < -0.3 is 14.4 Å². The average molecular weight is 439 g/mol. The third-order valence-corrected chi connectivity index (χ3v) is 8.05. The zero-order chi connectivity index (χ0) is 21.7. The molecular weight excluding hydrogens is 404 g/mol. The molecule has 7 nitrogen and oxygen atoms in total. The molecule has 0 bridgehead atoms. The van der Waals surface area contributed by atoms with E-state index in [0.29, 0.717) is 50.0 Å². The third kappa shape index (κ3) is 5.22. The molecule has 0 unspecified atom stereocenters. The second kappa shape index (κ2) is 10.2. The number of hydrogen-bond acceptors (Lipinski definition) is 5. The highest BCUT2D eigenvalue weighted by molar-refractivity contribution is 7.89. The van der Waals surface area contributed by atoms with Crippen molar-refractivity contribution in [2.24, 2.45) is 0 Å². The number of methoxy groups -OCH3 is 1. The molecule has 2 fully saturated rings. The maximum absolute atomic E-state index is 13.1. The van der Waals surface area contributed by atoms with Crippen LogP contribution >= 0.6 is 0 Å². The molecule has 0 aromatic heterocycles. The van der Waals surface area contributed by atoms with E-state index in [4.69, 9.17) is 9.47 Å². The highest BCUT2D eigenvalue weighted by atomic mass is 32.2. The van der Waals surface area contributed by atoms with Gasteiger partial charge in [0, 0.05) is 45.5 Å². The molecule has 2 saturated heterocycles. The van der Waals surface area contributed by atoms with Crippen LogP contribution in [-0.2, 0) is 24.3 Å². The van der Waals surface area contributed by atoms with Gasteiger partial charge in [0.05, 0.1) is 4.90 Å². The van der Waals surface area contributed by atoms with Gasteiger partial charge in [0.25, 0.3) is 0 Å². The molecule has 0 aliphatic carbocycles. The van der Waals surface area contributed by atoms with Crippen LogP contribution in [0.25, 0.3) is 0 Å². The van der Waals surface area contributed by atoms with Crippen molar-refractivity contribution in [1.29, 1.82) is 0 Å². The normalized spacial score (nSPS) is 19.9. The first kappa shape index (κ1) is 23.2. The molecule has 0 saturated carbocycles. The Kier molecular flexibility index (Phi) is 7.90. The van der Waals surface area contributed by atoms with Gasteiger partial charge in [-0.25, -0.2) is 8.42 Å². The van der Waals surface area contributed by atoms with Crippen LogP contribution in [0.2, 0.25) is 0 Å². The fourth-order valence-electron chi connectivity index (χ4n) is 4.40. The van der Waals surface area contributed by atoms with Crippen molar-refractivity contribution in [3.63, 3.8) is 0 Å². The van der Waals surface area contributed by atoms with Gasteiger partial charge in [-0.1, -0.05) is 26.0 Å². The van der Waals surface area contributed by atoms with Crippen molar-refractivity contribution in [3.05, 3.63) is 29.8 Å². The van der Waals surface area contributed by atoms with Crippen LogP contribution in [0.3, 0.4) is 0 Å². The van der Waals surface area contributed by atoms with E-state index in [0.717, 1.165) is 18.4 Å². The molecule has 2 aliphatic rings. The number of amides is 1. The smallest absolute Gasteiger partial charge is 0.249 e. The van der Waals surface area contributed by atoms with Crippen LogP contribution < -0.4 is 0 Å². The maximum Gasteiger partial charge on any atom is 0.249 e. The number of piperidine rings is 1. The molecule has 168 valence electrons. The summed E-state index contributed by atoms with van der Waals surface area (Å²) in [6.45, 7) is 6.37. The minimum Gasteiger partial charge on any atom is -0.381 e. The van der Waals surface area contributed by atoms with Crippen molar-refractivity contribution >= 4 is 15.9 Å². The summed E-state index contributed by atoms with van der Waals surface area (Å²) >= 11 is 0.